The summed E-state index contributed by atoms with van der Waals surface area (Å²) in [7, 11) is -0.751. The first-order chi connectivity index (χ1) is 8.13. The third-order valence-corrected chi connectivity index (χ3v) is 4.70. The molecule has 0 aromatic heterocycles. The SMILES string of the molecule is CCCNC(CS(=O)CC1CCCO1)C(C)C. The van der Waals surface area contributed by atoms with Crippen LogP contribution in [0.4, 0.5) is 0 Å². The third kappa shape index (κ3) is 5.98. The molecular weight excluding hydrogens is 234 g/mol. The standard InChI is InChI=1S/C13H27NO2S/c1-4-7-14-13(11(2)3)10-17(15)9-12-6-5-8-16-12/h11-14H,4-10H2,1-3H3. The molecule has 0 amide bonds. The van der Waals surface area contributed by atoms with Gasteiger partial charge in [0.25, 0.3) is 0 Å². The van der Waals surface area contributed by atoms with Crippen LogP contribution in [-0.2, 0) is 15.5 Å². The fraction of sp³-hybridized carbons (Fsp3) is 1.00. The first kappa shape index (κ1) is 15.1. The van der Waals surface area contributed by atoms with Gasteiger partial charge in [-0.15, -0.1) is 0 Å². The maximum absolute atomic E-state index is 12.1. The Labute approximate surface area is 108 Å². The molecule has 4 heteroatoms. The Morgan fingerprint density at radius 2 is 2.24 bits per heavy atom. The van der Waals surface area contributed by atoms with E-state index in [0.717, 1.165) is 43.9 Å². The zero-order valence-corrected chi connectivity index (χ0v) is 12.2. The van der Waals surface area contributed by atoms with Gasteiger partial charge in [0.2, 0.25) is 0 Å². The lowest BCUT2D eigenvalue weighted by molar-refractivity contribution is 0.128. The second kappa shape index (κ2) is 8.22. The molecule has 0 radical (unpaired) electrons. The van der Waals surface area contributed by atoms with Crippen LogP contribution in [0.25, 0.3) is 0 Å². The predicted molar refractivity (Wildman–Crippen MR) is 73.8 cm³/mol. The van der Waals surface area contributed by atoms with Crippen molar-refractivity contribution in [3.8, 4) is 0 Å². The highest BCUT2D eigenvalue weighted by Crippen LogP contribution is 2.14. The molecule has 102 valence electrons. The fourth-order valence-corrected chi connectivity index (χ4v) is 3.79. The van der Waals surface area contributed by atoms with Gasteiger partial charge in [-0.2, -0.15) is 0 Å². The lowest BCUT2D eigenvalue weighted by atomic mass is 10.1. The van der Waals surface area contributed by atoms with Crippen LogP contribution in [-0.4, -0.2) is 41.0 Å². The van der Waals surface area contributed by atoms with E-state index in [9.17, 15) is 4.21 Å². The molecule has 0 aromatic rings. The van der Waals surface area contributed by atoms with E-state index in [0.29, 0.717) is 12.0 Å². The molecule has 0 spiro atoms. The second-order valence-corrected chi connectivity index (χ2v) is 6.76. The zero-order valence-electron chi connectivity index (χ0n) is 11.4. The molecule has 0 aliphatic carbocycles. The molecule has 1 aliphatic heterocycles. The monoisotopic (exact) mass is 261 g/mol. The Balaban J connectivity index is 2.29. The summed E-state index contributed by atoms with van der Waals surface area (Å²) in [6.45, 7) is 8.41. The van der Waals surface area contributed by atoms with Crippen LogP contribution >= 0.6 is 0 Å². The third-order valence-electron chi connectivity index (χ3n) is 3.22. The Hall–Kier alpha value is 0.0700. The first-order valence-corrected chi connectivity index (χ1v) is 8.32. The normalized spacial score (nSPS) is 24.1. The predicted octanol–water partition coefficient (Wildman–Crippen LogP) is 1.94. The van der Waals surface area contributed by atoms with Crippen molar-refractivity contribution in [2.75, 3.05) is 24.7 Å². The summed E-state index contributed by atoms with van der Waals surface area (Å²) in [4.78, 5) is 0. The van der Waals surface area contributed by atoms with Crippen LogP contribution in [0, 0.1) is 5.92 Å². The molecule has 0 aromatic carbocycles. The van der Waals surface area contributed by atoms with Gasteiger partial charge in [-0.25, -0.2) is 0 Å². The molecule has 1 aliphatic rings. The highest BCUT2D eigenvalue weighted by molar-refractivity contribution is 7.85. The van der Waals surface area contributed by atoms with Gasteiger partial charge in [-0.3, -0.25) is 4.21 Å². The Kier molecular flexibility index (Phi) is 7.32. The molecule has 1 saturated heterocycles. The quantitative estimate of drug-likeness (QED) is 0.725. The zero-order chi connectivity index (χ0) is 12.7. The molecule has 3 atom stereocenters. The van der Waals surface area contributed by atoms with Crippen LogP contribution in [0.5, 0.6) is 0 Å². The molecule has 1 rings (SSSR count). The number of hydrogen-bond acceptors (Lipinski definition) is 3. The average molecular weight is 261 g/mol. The van der Waals surface area contributed by atoms with Crippen LogP contribution in [0.2, 0.25) is 0 Å². The van der Waals surface area contributed by atoms with Crippen molar-refractivity contribution in [2.24, 2.45) is 5.92 Å². The summed E-state index contributed by atoms with van der Waals surface area (Å²) in [6.07, 6.45) is 3.58. The molecular formula is C13H27NO2S. The van der Waals surface area contributed by atoms with E-state index in [4.69, 9.17) is 4.74 Å². The van der Waals surface area contributed by atoms with Crippen molar-refractivity contribution < 1.29 is 8.95 Å². The lowest BCUT2D eigenvalue weighted by Crippen LogP contribution is -2.40. The Morgan fingerprint density at radius 3 is 2.76 bits per heavy atom. The van der Waals surface area contributed by atoms with Crippen LogP contribution < -0.4 is 5.32 Å². The smallest absolute Gasteiger partial charge is 0.0691 e. The maximum atomic E-state index is 12.1. The Bertz CT molecular complexity index is 227. The highest BCUT2D eigenvalue weighted by atomic mass is 32.2. The largest absolute Gasteiger partial charge is 0.377 e. The molecule has 3 unspecified atom stereocenters. The highest BCUT2D eigenvalue weighted by Gasteiger charge is 2.21. The summed E-state index contributed by atoms with van der Waals surface area (Å²) in [5, 5.41) is 3.49. The van der Waals surface area contributed by atoms with Gasteiger partial charge in [0.1, 0.15) is 0 Å². The minimum Gasteiger partial charge on any atom is -0.377 e. The average Bonchev–Trinajstić information content (AvgIpc) is 2.76. The number of nitrogens with one attached hydrogen (secondary N) is 1. The van der Waals surface area contributed by atoms with Crippen molar-refractivity contribution >= 4 is 10.8 Å². The van der Waals surface area contributed by atoms with Gasteiger partial charge in [-0.1, -0.05) is 20.8 Å². The van der Waals surface area contributed by atoms with Gasteiger partial charge in [-0.05, 0) is 31.7 Å². The first-order valence-electron chi connectivity index (χ1n) is 6.83. The van der Waals surface area contributed by atoms with Crippen molar-refractivity contribution in [2.45, 2.75) is 52.2 Å². The van der Waals surface area contributed by atoms with E-state index in [-0.39, 0.29) is 6.10 Å². The minimum absolute atomic E-state index is 0.245. The van der Waals surface area contributed by atoms with E-state index in [1.165, 1.54) is 0 Å². The summed E-state index contributed by atoms with van der Waals surface area (Å²) >= 11 is 0. The summed E-state index contributed by atoms with van der Waals surface area (Å²) < 4.78 is 17.6. The molecule has 1 N–H and O–H groups in total. The molecule has 3 nitrogen and oxygen atoms in total. The van der Waals surface area contributed by atoms with E-state index in [2.05, 4.69) is 26.1 Å². The Morgan fingerprint density at radius 1 is 1.47 bits per heavy atom. The van der Waals surface area contributed by atoms with E-state index in [1.807, 2.05) is 0 Å². The van der Waals surface area contributed by atoms with Gasteiger partial charge >= 0.3 is 0 Å². The van der Waals surface area contributed by atoms with Crippen LogP contribution in [0.15, 0.2) is 0 Å². The van der Waals surface area contributed by atoms with Crippen molar-refractivity contribution in [1.29, 1.82) is 0 Å². The fourth-order valence-electron chi connectivity index (χ4n) is 2.07. The van der Waals surface area contributed by atoms with E-state index in [1.54, 1.807) is 0 Å². The van der Waals surface area contributed by atoms with Gasteiger partial charge in [0.05, 0.1) is 6.10 Å². The summed E-state index contributed by atoms with van der Waals surface area (Å²) in [5.41, 5.74) is 0. The van der Waals surface area contributed by atoms with Crippen LogP contribution in [0.3, 0.4) is 0 Å². The van der Waals surface area contributed by atoms with Gasteiger partial charge in [0.15, 0.2) is 0 Å². The topological polar surface area (TPSA) is 38.3 Å². The number of hydrogen-bond donors (Lipinski definition) is 1. The van der Waals surface area contributed by atoms with E-state index < -0.39 is 10.8 Å². The van der Waals surface area contributed by atoms with Crippen molar-refractivity contribution in [1.82, 2.24) is 5.32 Å². The molecule has 17 heavy (non-hydrogen) atoms. The summed E-state index contributed by atoms with van der Waals surface area (Å²) in [6, 6.07) is 0.372. The molecule has 0 saturated carbocycles. The second-order valence-electron chi connectivity index (χ2n) is 5.21. The van der Waals surface area contributed by atoms with Crippen molar-refractivity contribution in [3.05, 3.63) is 0 Å². The van der Waals surface area contributed by atoms with Crippen LogP contribution in [0.1, 0.15) is 40.0 Å². The minimum atomic E-state index is -0.751. The molecule has 0 bridgehead atoms. The maximum Gasteiger partial charge on any atom is 0.0691 e. The van der Waals surface area contributed by atoms with Crippen molar-refractivity contribution in [3.63, 3.8) is 0 Å². The molecule has 1 heterocycles. The van der Waals surface area contributed by atoms with Gasteiger partial charge < -0.3 is 10.1 Å². The van der Waals surface area contributed by atoms with E-state index >= 15 is 0 Å². The van der Waals surface area contributed by atoms with Gasteiger partial charge in [0, 0.05) is 35.0 Å². The molecule has 1 fully saturated rings. The number of rotatable bonds is 8. The summed E-state index contributed by atoms with van der Waals surface area (Å²) in [5.74, 6) is 2.02. The number of ether oxygens (including phenoxy) is 1. The lowest BCUT2D eigenvalue weighted by Gasteiger charge is -2.22.